The number of aliphatic hydroxyl groups excluding tert-OH is 1. The van der Waals surface area contributed by atoms with E-state index in [9.17, 15) is 5.11 Å². The Hall–Kier alpha value is -2.00. The minimum Gasteiger partial charge on any atom is -0.496 e. The minimum absolute atomic E-state index is 0.634. The summed E-state index contributed by atoms with van der Waals surface area (Å²) < 4.78 is 11.1. The quantitative estimate of drug-likeness (QED) is 0.876. The van der Waals surface area contributed by atoms with Crippen LogP contribution in [0.15, 0.2) is 42.5 Å². The van der Waals surface area contributed by atoms with Gasteiger partial charge in [0.25, 0.3) is 0 Å². The third-order valence-corrected chi connectivity index (χ3v) is 3.36. The lowest BCUT2D eigenvalue weighted by Crippen LogP contribution is -2.06. The number of methoxy groups -OCH3 is 1. The van der Waals surface area contributed by atoms with Crippen LogP contribution in [0.4, 0.5) is 0 Å². The molecular formula is C18H22O3. The second kappa shape index (κ2) is 7.14. The fourth-order valence-electron chi connectivity index (χ4n) is 2.28. The molecular weight excluding hydrogens is 264 g/mol. The molecule has 3 nitrogen and oxygen atoms in total. The lowest BCUT2D eigenvalue weighted by molar-refractivity contribution is 0.205. The van der Waals surface area contributed by atoms with Crippen molar-refractivity contribution in [3.63, 3.8) is 0 Å². The highest BCUT2D eigenvalue weighted by Crippen LogP contribution is 2.35. The number of ether oxygens (including phenoxy) is 2. The summed E-state index contributed by atoms with van der Waals surface area (Å²) in [5.41, 5.74) is 2.59. The second-order valence-electron chi connectivity index (χ2n) is 5.03. The topological polar surface area (TPSA) is 38.7 Å². The van der Waals surface area contributed by atoms with Gasteiger partial charge in [-0.1, -0.05) is 36.8 Å². The van der Waals surface area contributed by atoms with Crippen LogP contribution in [0.25, 0.3) is 0 Å². The Labute approximate surface area is 126 Å². The Morgan fingerprint density at radius 2 is 1.81 bits per heavy atom. The number of para-hydroxylation sites is 1. The summed E-state index contributed by atoms with van der Waals surface area (Å²) in [4.78, 5) is 0. The lowest BCUT2D eigenvalue weighted by atomic mass is 9.98. The van der Waals surface area contributed by atoms with E-state index in [0.29, 0.717) is 12.4 Å². The molecule has 1 atom stereocenters. The predicted octanol–water partition coefficient (Wildman–Crippen LogP) is 3.87. The molecule has 0 spiro atoms. The molecule has 0 amide bonds. The van der Waals surface area contributed by atoms with E-state index in [1.807, 2.05) is 49.4 Å². The third kappa shape index (κ3) is 3.56. The van der Waals surface area contributed by atoms with Crippen LogP contribution in [0.5, 0.6) is 11.5 Å². The highest BCUT2D eigenvalue weighted by atomic mass is 16.5. The molecule has 2 aromatic carbocycles. The molecule has 1 N–H and O–H groups in total. The first-order chi connectivity index (χ1) is 10.2. The van der Waals surface area contributed by atoms with Gasteiger partial charge in [0.05, 0.1) is 13.7 Å². The summed E-state index contributed by atoms with van der Waals surface area (Å²) in [6.45, 7) is 4.69. The van der Waals surface area contributed by atoms with Gasteiger partial charge in [0, 0.05) is 11.1 Å². The molecule has 0 heterocycles. The summed E-state index contributed by atoms with van der Waals surface area (Å²) in [6.07, 6.45) is 0.158. The van der Waals surface area contributed by atoms with Gasteiger partial charge >= 0.3 is 0 Å². The van der Waals surface area contributed by atoms with E-state index >= 15 is 0 Å². The summed E-state index contributed by atoms with van der Waals surface area (Å²) in [6, 6.07) is 13.4. The highest BCUT2D eigenvalue weighted by molar-refractivity contribution is 5.46. The predicted molar refractivity (Wildman–Crippen MR) is 84.0 cm³/mol. The number of benzene rings is 2. The van der Waals surface area contributed by atoms with Crippen molar-refractivity contribution in [1.29, 1.82) is 0 Å². The first-order valence-corrected chi connectivity index (χ1v) is 7.21. The Kier molecular flexibility index (Phi) is 5.23. The van der Waals surface area contributed by atoms with Gasteiger partial charge in [-0.05, 0) is 31.5 Å². The van der Waals surface area contributed by atoms with E-state index < -0.39 is 6.10 Å². The Bertz CT molecular complexity index is 593. The molecule has 0 aromatic heterocycles. The molecule has 0 radical (unpaired) electrons. The maximum atomic E-state index is 10.7. The molecule has 0 saturated carbocycles. The van der Waals surface area contributed by atoms with Crippen molar-refractivity contribution in [2.75, 3.05) is 13.7 Å². The van der Waals surface area contributed by atoms with Gasteiger partial charge < -0.3 is 14.6 Å². The molecule has 2 aromatic rings. The number of aliphatic hydroxyl groups is 1. The lowest BCUT2D eigenvalue weighted by Gasteiger charge is -2.19. The molecule has 2 rings (SSSR count). The molecule has 21 heavy (non-hydrogen) atoms. The molecule has 0 aliphatic heterocycles. The smallest absolute Gasteiger partial charge is 0.125 e. The van der Waals surface area contributed by atoms with Crippen molar-refractivity contribution < 1.29 is 14.6 Å². The monoisotopic (exact) mass is 286 g/mol. The molecule has 0 aliphatic rings. The van der Waals surface area contributed by atoms with Crippen molar-refractivity contribution in [1.82, 2.24) is 0 Å². The fraction of sp³-hybridized carbons (Fsp3) is 0.333. The fourth-order valence-corrected chi connectivity index (χ4v) is 2.28. The van der Waals surface area contributed by atoms with Gasteiger partial charge in [0.1, 0.15) is 17.6 Å². The minimum atomic E-state index is -0.770. The number of hydrogen-bond donors (Lipinski definition) is 1. The Balaban J connectivity index is 2.40. The zero-order valence-corrected chi connectivity index (χ0v) is 12.8. The van der Waals surface area contributed by atoms with E-state index in [1.165, 1.54) is 0 Å². The molecule has 0 fully saturated rings. The summed E-state index contributed by atoms with van der Waals surface area (Å²) in [5, 5.41) is 10.7. The first-order valence-electron chi connectivity index (χ1n) is 7.21. The average Bonchev–Trinajstić information content (AvgIpc) is 2.52. The van der Waals surface area contributed by atoms with Crippen LogP contribution in [0.1, 0.15) is 36.1 Å². The number of aryl methyl sites for hydroxylation is 1. The molecule has 3 heteroatoms. The molecule has 0 aliphatic carbocycles. The normalized spacial score (nSPS) is 12.0. The largest absolute Gasteiger partial charge is 0.496 e. The van der Waals surface area contributed by atoms with Gasteiger partial charge in [0.15, 0.2) is 0 Å². The van der Waals surface area contributed by atoms with Crippen molar-refractivity contribution in [3.05, 3.63) is 59.2 Å². The summed E-state index contributed by atoms with van der Waals surface area (Å²) >= 11 is 0. The molecule has 1 unspecified atom stereocenters. The maximum Gasteiger partial charge on any atom is 0.125 e. The molecule has 0 bridgehead atoms. The van der Waals surface area contributed by atoms with E-state index in [0.717, 1.165) is 28.9 Å². The van der Waals surface area contributed by atoms with Crippen molar-refractivity contribution in [2.45, 2.75) is 26.4 Å². The van der Waals surface area contributed by atoms with E-state index in [4.69, 9.17) is 9.47 Å². The van der Waals surface area contributed by atoms with Gasteiger partial charge in [-0.2, -0.15) is 0 Å². The van der Waals surface area contributed by atoms with Crippen LogP contribution in [0.2, 0.25) is 0 Å². The second-order valence-corrected chi connectivity index (χ2v) is 5.03. The standard InChI is InChI=1S/C18H22O3/c1-4-11-21-17-8-6-5-7-14(17)18(19)15-12-13(2)9-10-16(15)20-3/h5-10,12,18-19H,4,11H2,1-3H3. The zero-order chi connectivity index (χ0) is 15.2. The van der Waals surface area contributed by atoms with E-state index in [-0.39, 0.29) is 0 Å². The van der Waals surface area contributed by atoms with E-state index in [1.54, 1.807) is 7.11 Å². The highest BCUT2D eigenvalue weighted by Gasteiger charge is 2.19. The summed E-state index contributed by atoms with van der Waals surface area (Å²) in [5.74, 6) is 1.40. The third-order valence-electron chi connectivity index (χ3n) is 3.36. The van der Waals surface area contributed by atoms with Crippen LogP contribution in [0, 0.1) is 6.92 Å². The Morgan fingerprint density at radius 1 is 1.05 bits per heavy atom. The van der Waals surface area contributed by atoms with Crippen molar-refractivity contribution in [3.8, 4) is 11.5 Å². The van der Waals surface area contributed by atoms with E-state index in [2.05, 4.69) is 6.92 Å². The van der Waals surface area contributed by atoms with Crippen LogP contribution in [-0.2, 0) is 0 Å². The van der Waals surface area contributed by atoms with Gasteiger partial charge in [-0.25, -0.2) is 0 Å². The van der Waals surface area contributed by atoms with Crippen LogP contribution in [0.3, 0.4) is 0 Å². The molecule has 0 saturated heterocycles. The zero-order valence-electron chi connectivity index (χ0n) is 12.8. The summed E-state index contributed by atoms with van der Waals surface area (Å²) in [7, 11) is 1.61. The number of rotatable bonds is 6. The van der Waals surface area contributed by atoms with Crippen molar-refractivity contribution >= 4 is 0 Å². The average molecular weight is 286 g/mol. The van der Waals surface area contributed by atoms with Crippen LogP contribution in [-0.4, -0.2) is 18.8 Å². The first kappa shape index (κ1) is 15.4. The maximum absolute atomic E-state index is 10.7. The van der Waals surface area contributed by atoms with Gasteiger partial charge in [0.2, 0.25) is 0 Å². The SMILES string of the molecule is CCCOc1ccccc1C(O)c1cc(C)ccc1OC. The molecule has 112 valence electrons. The van der Waals surface area contributed by atoms with Gasteiger partial charge in [-0.15, -0.1) is 0 Å². The number of hydrogen-bond acceptors (Lipinski definition) is 3. The van der Waals surface area contributed by atoms with Crippen molar-refractivity contribution in [2.24, 2.45) is 0 Å². The van der Waals surface area contributed by atoms with Crippen LogP contribution < -0.4 is 9.47 Å². The van der Waals surface area contributed by atoms with Gasteiger partial charge in [-0.3, -0.25) is 0 Å². The Morgan fingerprint density at radius 3 is 2.52 bits per heavy atom. The van der Waals surface area contributed by atoms with Crippen LogP contribution >= 0.6 is 0 Å².